The van der Waals surface area contributed by atoms with Crippen LogP contribution in [0.1, 0.15) is 17.3 Å². The number of nitrogens with zero attached hydrogens (tertiary/aromatic N) is 3. The third-order valence-electron chi connectivity index (χ3n) is 3.88. The van der Waals surface area contributed by atoms with Gasteiger partial charge in [0, 0.05) is 45.0 Å². The normalized spacial score (nSPS) is 20.2. The third kappa shape index (κ3) is 4.15. The molecular formula is C15H25N5O. The summed E-state index contributed by atoms with van der Waals surface area (Å²) in [6, 6.07) is 3.94. The van der Waals surface area contributed by atoms with Crippen molar-refractivity contribution in [1.29, 1.82) is 0 Å². The van der Waals surface area contributed by atoms with Gasteiger partial charge in [-0.05, 0) is 33.2 Å². The average molecular weight is 291 g/mol. The van der Waals surface area contributed by atoms with Crippen LogP contribution in [0.25, 0.3) is 0 Å². The Balaban J connectivity index is 1.95. The number of piperazine rings is 1. The molecular weight excluding hydrogens is 266 g/mol. The van der Waals surface area contributed by atoms with Gasteiger partial charge in [-0.25, -0.2) is 4.98 Å². The maximum atomic E-state index is 12.3. The van der Waals surface area contributed by atoms with Gasteiger partial charge in [0.05, 0.1) is 5.56 Å². The summed E-state index contributed by atoms with van der Waals surface area (Å²) in [5, 5.41) is 6.15. The molecule has 0 bridgehead atoms. The van der Waals surface area contributed by atoms with Gasteiger partial charge in [-0.15, -0.1) is 0 Å². The van der Waals surface area contributed by atoms with Gasteiger partial charge in [-0.3, -0.25) is 9.69 Å². The number of hydrogen-bond donors (Lipinski definition) is 2. The summed E-state index contributed by atoms with van der Waals surface area (Å²) in [6.45, 7) is 6.47. The van der Waals surface area contributed by atoms with E-state index in [1.54, 1.807) is 18.3 Å². The van der Waals surface area contributed by atoms with Gasteiger partial charge in [0.25, 0.3) is 5.91 Å². The Bertz CT molecular complexity index is 479. The molecule has 0 aromatic carbocycles. The Morgan fingerprint density at radius 2 is 2.24 bits per heavy atom. The lowest BCUT2D eigenvalue weighted by Gasteiger charge is -2.37. The summed E-state index contributed by atoms with van der Waals surface area (Å²) >= 11 is 0. The Kier molecular flexibility index (Phi) is 5.52. The molecule has 1 aliphatic rings. The number of pyridine rings is 1. The van der Waals surface area contributed by atoms with Crippen LogP contribution >= 0.6 is 0 Å². The van der Waals surface area contributed by atoms with Crippen LogP contribution in [0.3, 0.4) is 0 Å². The van der Waals surface area contributed by atoms with E-state index in [0.717, 1.165) is 26.2 Å². The number of nitrogens with one attached hydrogen (secondary N) is 2. The summed E-state index contributed by atoms with van der Waals surface area (Å²) in [7, 11) is 4.23. The number of likely N-dealkylation sites (N-methyl/N-ethyl adjacent to an activating group) is 2. The lowest BCUT2D eigenvalue weighted by molar-refractivity contribution is 0.0881. The van der Waals surface area contributed by atoms with E-state index in [4.69, 9.17) is 0 Å². The Hall–Kier alpha value is -1.66. The molecule has 0 aliphatic carbocycles. The smallest absolute Gasteiger partial charge is 0.255 e. The Morgan fingerprint density at radius 3 is 3.00 bits per heavy atom. The Morgan fingerprint density at radius 1 is 1.43 bits per heavy atom. The zero-order valence-corrected chi connectivity index (χ0v) is 13.1. The van der Waals surface area contributed by atoms with E-state index < -0.39 is 0 Å². The molecule has 0 radical (unpaired) electrons. The first-order valence-corrected chi connectivity index (χ1v) is 7.47. The fourth-order valence-corrected chi connectivity index (χ4v) is 2.52. The van der Waals surface area contributed by atoms with E-state index in [1.807, 2.05) is 6.92 Å². The molecule has 1 saturated heterocycles. The van der Waals surface area contributed by atoms with Crippen LogP contribution in [0.5, 0.6) is 0 Å². The van der Waals surface area contributed by atoms with E-state index >= 15 is 0 Å². The zero-order valence-electron chi connectivity index (χ0n) is 13.1. The number of carbonyl (C=O) groups is 1. The number of carbonyl (C=O) groups excluding carboxylic acids is 1. The maximum absolute atomic E-state index is 12.3. The maximum Gasteiger partial charge on any atom is 0.255 e. The SMILES string of the molecule is CCNc1ncccc1C(=O)NCC1CN(C)CCN1C. The highest BCUT2D eigenvalue weighted by atomic mass is 16.1. The van der Waals surface area contributed by atoms with Crippen LogP contribution < -0.4 is 10.6 Å². The van der Waals surface area contributed by atoms with Gasteiger partial charge in [-0.2, -0.15) is 0 Å². The standard InChI is InChI=1S/C15H25N5O/c1-4-16-14-13(6-5-7-17-14)15(21)18-10-12-11-19(2)8-9-20(12)3/h5-7,12H,4,8-11H2,1-3H3,(H,16,17)(H,18,21). The molecule has 2 N–H and O–H groups in total. The molecule has 1 amide bonds. The molecule has 1 fully saturated rings. The van der Waals surface area contributed by atoms with Crippen molar-refractivity contribution in [2.45, 2.75) is 13.0 Å². The average Bonchev–Trinajstić information content (AvgIpc) is 2.49. The molecule has 1 aliphatic heterocycles. The second-order valence-electron chi connectivity index (χ2n) is 5.54. The van der Waals surface area contributed by atoms with Crippen LogP contribution in [0, 0.1) is 0 Å². The van der Waals surface area contributed by atoms with Crippen LogP contribution in [-0.2, 0) is 0 Å². The summed E-state index contributed by atoms with van der Waals surface area (Å²) in [5.41, 5.74) is 0.603. The van der Waals surface area contributed by atoms with Crippen molar-refractivity contribution in [3.8, 4) is 0 Å². The van der Waals surface area contributed by atoms with Crippen LogP contribution in [0.4, 0.5) is 5.82 Å². The minimum Gasteiger partial charge on any atom is -0.370 e. The topological polar surface area (TPSA) is 60.5 Å². The first kappa shape index (κ1) is 15.7. The van der Waals surface area contributed by atoms with Gasteiger partial charge in [0.15, 0.2) is 0 Å². The van der Waals surface area contributed by atoms with Gasteiger partial charge >= 0.3 is 0 Å². The number of anilines is 1. The quantitative estimate of drug-likeness (QED) is 0.827. The van der Waals surface area contributed by atoms with Crippen molar-refractivity contribution < 1.29 is 4.79 Å². The molecule has 1 atom stereocenters. The van der Waals surface area contributed by atoms with Gasteiger partial charge < -0.3 is 15.5 Å². The van der Waals surface area contributed by atoms with Crippen LogP contribution in [0.2, 0.25) is 0 Å². The molecule has 0 spiro atoms. The molecule has 2 rings (SSSR count). The molecule has 1 aromatic rings. The minimum atomic E-state index is -0.0688. The third-order valence-corrected chi connectivity index (χ3v) is 3.88. The van der Waals surface area contributed by atoms with Crippen molar-refractivity contribution in [2.75, 3.05) is 52.1 Å². The van der Waals surface area contributed by atoms with E-state index in [2.05, 4.69) is 39.5 Å². The zero-order chi connectivity index (χ0) is 15.2. The number of amides is 1. The lowest BCUT2D eigenvalue weighted by Crippen LogP contribution is -2.54. The van der Waals surface area contributed by atoms with Gasteiger partial charge in [0.1, 0.15) is 5.82 Å². The molecule has 1 aromatic heterocycles. The summed E-state index contributed by atoms with van der Waals surface area (Å²) in [6.07, 6.45) is 1.69. The summed E-state index contributed by atoms with van der Waals surface area (Å²) in [5.74, 6) is 0.576. The van der Waals surface area contributed by atoms with E-state index in [1.165, 1.54) is 0 Å². The number of aromatic nitrogens is 1. The predicted molar refractivity (Wildman–Crippen MR) is 84.6 cm³/mol. The molecule has 116 valence electrons. The van der Waals surface area contributed by atoms with E-state index in [-0.39, 0.29) is 5.91 Å². The largest absolute Gasteiger partial charge is 0.370 e. The Labute approximate surface area is 126 Å². The summed E-state index contributed by atoms with van der Waals surface area (Å²) < 4.78 is 0. The van der Waals surface area contributed by atoms with Crippen LogP contribution in [-0.4, -0.2) is 73.6 Å². The highest BCUT2D eigenvalue weighted by Crippen LogP contribution is 2.11. The minimum absolute atomic E-state index is 0.0688. The second kappa shape index (κ2) is 7.38. The number of hydrogen-bond acceptors (Lipinski definition) is 5. The van der Waals surface area contributed by atoms with Gasteiger partial charge in [-0.1, -0.05) is 0 Å². The van der Waals surface area contributed by atoms with Crippen molar-refractivity contribution >= 4 is 11.7 Å². The summed E-state index contributed by atoms with van der Waals surface area (Å²) in [4.78, 5) is 21.2. The van der Waals surface area contributed by atoms with Crippen LogP contribution in [0.15, 0.2) is 18.3 Å². The van der Waals surface area contributed by atoms with Crippen molar-refractivity contribution in [2.24, 2.45) is 0 Å². The molecule has 6 nitrogen and oxygen atoms in total. The fourth-order valence-electron chi connectivity index (χ4n) is 2.52. The van der Waals surface area contributed by atoms with Crippen molar-refractivity contribution in [3.05, 3.63) is 23.9 Å². The monoisotopic (exact) mass is 291 g/mol. The molecule has 2 heterocycles. The lowest BCUT2D eigenvalue weighted by atomic mass is 10.1. The molecule has 0 saturated carbocycles. The van der Waals surface area contributed by atoms with Crippen molar-refractivity contribution in [1.82, 2.24) is 20.1 Å². The highest BCUT2D eigenvalue weighted by Gasteiger charge is 2.23. The number of rotatable bonds is 5. The van der Waals surface area contributed by atoms with E-state index in [0.29, 0.717) is 24.0 Å². The molecule has 1 unspecified atom stereocenters. The highest BCUT2D eigenvalue weighted by molar-refractivity contribution is 5.98. The molecule has 6 heteroatoms. The van der Waals surface area contributed by atoms with Gasteiger partial charge in [0.2, 0.25) is 0 Å². The second-order valence-corrected chi connectivity index (χ2v) is 5.54. The molecule has 21 heavy (non-hydrogen) atoms. The van der Waals surface area contributed by atoms with Crippen molar-refractivity contribution in [3.63, 3.8) is 0 Å². The fraction of sp³-hybridized carbons (Fsp3) is 0.600. The predicted octanol–water partition coefficient (Wildman–Crippen LogP) is 0.489. The first-order valence-electron chi connectivity index (χ1n) is 7.47. The van der Waals surface area contributed by atoms with E-state index in [9.17, 15) is 4.79 Å². The first-order chi connectivity index (χ1) is 10.1.